The normalized spacial score (nSPS) is 16.2. The fourth-order valence-electron chi connectivity index (χ4n) is 5.18. The van der Waals surface area contributed by atoms with Crippen molar-refractivity contribution in [2.75, 3.05) is 0 Å². The van der Waals surface area contributed by atoms with Crippen molar-refractivity contribution in [2.24, 2.45) is 5.92 Å². The van der Waals surface area contributed by atoms with Gasteiger partial charge in [0.05, 0.1) is 21.7 Å². The van der Waals surface area contributed by atoms with Crippen molar-refractivity contribution in [3.63, 3.8) is 0 Å². The summed E-state index contributed by atoms with van der Waals surface area (Å²) >= 11 is 0. The Morgan fingerprint density at radius 3 is 2.46 bits per heavy atom. The molecule has 1 aromatic heterocycles. The van der Waals surface area contributed by atoms with Gasteiger partial charge in [0.15, 0.2) is 0 Å². The molecule has 1 aliphatic rings. The maximum Gasteiger partial charge on any atom is 0.336 e. The van der Waals surface area contributed by atoms with Crippen LogP contribution < -0.4 is 4.74 Å². The number of pyridine rings is 1. The lowest BCUT2D eigenvalue weighted by Crippen LogP contribution is -2.17. The lowest BCUT2D eigenvalue weighted by molar-refractivity contribution is -0.385. The van der Waals surface area contributed by atoms with Crippen molar-refractivity contribution in [2.45, 2.75) is 46.0 Å². The molecule has 198 valence electrons. The number of carbonyl (C=O) groups is 1. The number of aromatic carboxylic acids is 1. The third kappa shape index (κ3) is 5.25. The van der Waals surface area contributed by atoms with Crippen LogP contribution in [-0.2, 0) is 11.8 Å². The minimum atomic E-state index is -0.981. The van der Waals surface area contributed by atoms with Crippen LogP contribution in [0.25, 0.3) is 22.6 Å². The Morgan fingerprint density at radius 2 is 1.79 bits per heavy atom. The van der Waals surface area contributed by atoms with Crippen LogP contribution in [0.4, 0.5) is 5.69 Å². The third-order valence-electron chi connectivity index (χ3n) is 7.10. The Labute approximate surface area is 226 Å². The third-order valence-corrected chi connectivity index (χ3v) is 7.10. The molecule has 0 bridgehead atoms. The van der Waals surface area contributed by atoms with Gasteiger partial charge in [0.2, 0.25) is 5.75 Å². The first-order valence-corrected chi connectivity index (χ1v) is 12.9. The second-order valence-electron chi connectivity index (χ2n) is 11.2. The summed E-state index contributed by atoms with van der Waals surface area (Å²) < 4.78 is 5.91. The first-order chi connectivity index (χ1) is 18.5. The van der Waals surface area contributed by atoms with Crippen LogP contribution in [0, 0.1) is 16.0 Å². The van der Waals surface area contributed by atoms with E-state index in [0.717, 1.165) is 11.1 Å². The van der Waals surface area contributed by atoms with Crippen LogP contribution in [0.5, 0.6) is 11.5 Å². The summed E-state index contributed by atoms with van der Waals surface area (Å²) in [5, 5.41) is 22.7. The molecule has 3 aromatic carbocycles. The number of allylic oxidation sites excluding steroid dienone is 1. The summed E-state index contributed by atoms with van der Waals surface area (Å²) in [6.07, 6.45) is 3.16. The standard InChI is InChI=1S/C32H30N2O5/c1-19-15-21(30-25(16-19)29(31(35)36)24-7-5-6-8-26(24)33-30)17-20-9-14-28(27(18-20)34(37)38)39-23-12-10-22(11-13-23)32(2,3)4/h5-14,17-19H,15-16H2,1-4H3,(H,35,36)/b21-17-. The molecule has 0 amide bonds. The molecular formula is C32H30N2O5. The van der Waals surface area contributed by atoms with Gasteiger partial charge in [-0.25, -0.2) is 9.78 Å². The van der Waals surface area contributed by atoms with Crippen LogP contribution in [0.15, 0.2) is 66.7 Å². The van der Waals surface area contributed by atoms with E-state index in [2.05, 4.69) is 27.7 Å². The van der Waals surface area contributed by atoms with Gasteiger partial charge in [-0.15, -0.1) is 0 Å². The highest BCUT2D eigenvalue weighted by Crippen LogP contribution is 2.40. The first-order valence-electron chi connectivity index (χ1n) is 12.9. The smallest absolute Gasteiger partial charge is 0.336 e. The maximum absolute atomic E-state index is 12.3. The Bertz CT molecular complexity index is 1630. The summed E-state index contributed by atoms with van der Waals surface area (Å²) in [6.45, 7) is 8.43. The molecule has 7 nitrogen and oxygen atoms in total. The number of carboxylic acid groups (broad SMARTS) is 1. The highest BCUT2D eigenvalue weighted by atomic mass is 16.6. The molecular weight excluding hydrogens is 492 g/mol. The van der Waals surface area contributed by atoms with Gasteiger partial charge in [0.25, 0.3) is 0 Å². The molecule has 1 unspecified atom stereocenters. The highest BCUT2D eigenvalue weighted by molar-refractivity contribution is 6.06. The van der Waals surface area contributed by atoms with E-state index in [0.29, 0.717) is 46.3 Å². The second-order valence-corrected chi connectivity index (χ2v) is 11.2. The van der Waals surface area contributed by atoms with Crippen molar-refractivity contribution >= 4 is 34.2 Å². The number of aromatic nitrogens is 1. The van der Waals surface area contributed by atoms with Crippen LogP contribution in [0.2, 0.25) is 0 Å². The number of rotatable bonds is 5. The molecule has 39 heavy (non-hydrogen) atoms. The number of hydrogen-bond donors (Lipinski definition) is 1. The number of carboxylic acids is 1. The SMILES string of the molecule is CC1C/C(=C/c2ccc(Oc3ccc(C(C)(C)C)cc3)c([N+](=O)[O-])c2)c2nc3ccccc3c(C(=O)O)c2C1. The average Bonchev–Trinajstić information content (AvgIpc) is 2.88. The van der Waals surface area contributed by atoms with Gasteiger partial charge in [-0.05, 0) is 76.8 Å². The van der Waals surface area contributed by atoms with Crippen molar-refractivity contribution in [1.29, 1.82) is 0 Å². The Kier molecular flexibility index (Phi) is 6.68. The quantitative estimate of drug-likeness (QED) is 0.210. The van der Waals surface area contributed by atoms with Gasteiger partial charge < -0.3 is 9.84 Å². The van der Waals surface area contributed by atoms with E-state index in [4.69, 9.17) is 9.72 Å². The molecule has 0 fully saturated rings. The fourth-order valence-corrected chi connectivity index (χ4v) is 5.18. The fraction of sp³-hybridized carbons (Fsp3) is 0.250. The number of ether oxygens (including phenoxy) is 1. The van der Waals surface area contributed by atoms with E-state index < -0.39 is 10.9 Å². The summed E-state index contributed by atoms with van der Waals surface area (Å²) in [7, 11) is 0. The second kappa shape index (κ2) is 9.98. The molecule has 0 aliphatic heterocycles. The monoisotopic (exact) mass is 522 g/mol. The lowest BCUT2D eigenvalue weighted by atomic mass is 9.80. The number of benzene rings is 3. The van der Waals surface area contributed by atoms with Crippen LogP contribution in [0.1, 0.15) is 66.9 Å². The number of nitro groups is 1. The van der Waals surface area contributed by atoms with Gasteiger partial charge >= 0.3 is 11.7 Å². The zero-order chi connectivity index (χ0) is 27.9. The highest BCUT2D eigenvalue weighted by Gasteiger charge is 2.28. The molecule has 1 heterocycles. The summed E-state index contributed by atoms with van der Waals surface area (Å²) in [5.41, 5.74) is 4.71. The molecule has 1 atom stereocenters. The largest absolute Gasteiger partial charge is 0.478 e. The van der Waals surface area contributed by atoms with Gasteiger partial charge in [0, 0.05) is 11.5 Å². The van der Waals surface area contributed by atoms with Gasteiger partial charge in [-0.3, -0.25) is 10.1 Å². The van der Waals surface area contributed by atoms with Crippen molar-refractivity contribution in [3.05, 3.63) is 105 Å². The molecule has 0 saturated heterocycles. The van der Waals surface area contributed by atoms with E-state index in [9.17, 15) is 20.0 Å². The van der Waals surface area contributed by atoms with Crippen molar-refractivity contribution in [3.8, 4) is 11.5 Å². The number of hydrogen-bond acceptors (Lipinski definition) is 5. The van der Waals surface area contributed by atoms with Crippen molar-refractivity contribution in [1.82, 2.24) is 4.98 Å². The summed E-state index contributed by atoms with van der Waals surface area (Å²) in [5.74, 6) is -0.116. The molecule has 4 aromatic rings. The average molecular weight is 523 g/mol. The van der Waals surface area contributed by atoms with Gasteiger partial charge in [0.1, 0.15) is 5.75 Å². The molecule has 5 rings (SSSR count). The summed E-state index contributed by atoms with van der Waals surface area (Å²) in [6, 6.07) is 19.7. The maximum atomic E-state index is 12.3. The zero-order valence-electron chi connectivity index (χ0n) is 22.4. The number of fused-ring (bicyclic) bond motifs is 2. The van der Waals surface area contributed by atoms with Crippen LogP contribution in [-0.4, -0.2) is 21.0 Å². The van der Waals surface area contributed by atoms with E-state index in [-0.39, 0.29) is 28.3 Å². The number of para-hydroxylation sites is 1. The molecule has 1 N–H and O–H groups in total. The lowest BCUT2D eigenvalue weighted by Gasteiger charge is -2.26. The number of nitro benzene ring substituents is 1. The zero-order valence-corrected chi connectivity index (χ0v) is 22.4. The van der Waals surface area contributed by atoms with E-state index in [1.54, 1.807) is 18.2 Å². The predicted octanol–water partition coefficient (Wildman–Crippen LogP) is 8.05. The van der Waals surface area contributed by atoms with E-state index >= 15 is 0 Å². The molecule has 0 spiro atoms. The molecule has 0 radical (unpaired) electrons. The molecule has 1 aliphatic carbocycles. The Balaban J connectivity index is 1.55. The Hall–Kier alpha value is -4.52. The van der Waals surface area contributed by atoms with E-state index in [1.807, 2.05) is 48.5 Å². The summed E-state index contributed by atoms with van der Waals surface area (Å²) in [4.78, 5) is 28.7. The van der Waals surface area contributed by atoms with Crippen molar-refractivity contribution < 1.29 is 19.6 Å². The minimum absolute atomic E-state index is 0.0126. The first kappa shape index (κ1) is 26.1. The van der Waals surface area contributed by atoms with Gasteiger partial charge in [-0.2, -0.15) is 0 Å². The molecule has 7 heteroatoms. The predicted molar refractivity (Wildman–Crippen MR) is 152 cm³/mol. The van der Waals surface area contributed by atoms with Crippen LogP contribution in [0.3, 0.4) is 0 Å². The molecule has 0 saturated carbocycles. The van der Waals surface area contributed by atoms with E-state index in [1.165, 1.54) is 6.07 Å². The van der Waals surface area contributed by atoms with Crippen LogP contribution >= 0.6 is 0 Å². The topological polar surface area (TPSA) is 103 Å². The minimum Gasteiger partial charge on any atom is -0.478 e. The van der Waals surface area contributed by atoms with Gasteiger partial charge in [-0.1, -0.05) is 64.1 Å². The Morgan fingerprint density at radius 1 is 1.08 bits per heavy atom. The number of nitrogens with zero attached hydrogens (tertiary/aromatic N) is 2.